The summed E-state index contributed by atoms with van der Waals surface area (Å²) in [7, 11) is 1.69. The third kappa shape index (κ3) is 11.2. The van der Waals surface area contributed by atoms with Crippen LogP contribution < -0.4 is 0 Å². The van der Waals surface area contributed by atoms with Crippen LogP contribution in [-0.2, 0) is 14.3 Å². The van der Waals surface area contributed by atoms with Gasteiger partial charge in [0.15, 0.2) is 0 Å². The Morgan fingerprint density at radius 2 is 2.00 bits per heavy atom. The predicted octanol–water partition coefficient (Wildman–Crippen LogP) is 3.09. The Morgan fingerprint density at radius 1 is 1.19 bits per heavy atom. The minimum atomic E-state index is -0.0585. The molecule has 0 unspecified atom stereocenters. The third-order valence-corrected chi connectivity index (χ3v) is 2.15. The molecule has 0 fully saturated rings. The van der Waals surface area contributed by atoms with Gasteiger partial charge in [-0.1, -0.05) is 25.5 Å². The summed E-state index contributed by atoms with van der Waals surface area (Å²) in [6.45, 7) is 3.24. The number of allylic oxidation sites excluding steroid dienone is 1. The van der Waals surface area contributed by atoms with E-state index in [2.05, 4.69) is 6.08 Å². The molecule has 16 heavy (non-hydrogen) atoms. The molecule has 0 N–H and O–H groups in total. The summed E-state index contributed by atoms with van der Waals surface area (Å²) in [5, 5.41) is 0. The Labute approximate surface area is 98.8 Å². The molecule has 0 amide bonds. The maximum absolute atomic E-state index is 11.1. The fraction of sp³-hybridized carbons (Fsp3) is 0.769. The SMILES string of the molecule is CCCOC(=O)CCCCC/C=C/COC. The average molecular weight is 228 g/mol. The molecule has 0 heterocycles. The molecular formula is C13H24O3. The molecule has 0 radical (unpaired) electrons. The van der Waals surface area contributed by atoms with E-state index in [4.69, 9.17) is 9.47 Å². The lowest BCUT2D eigenvalue weighted by Crippen LogP contribution is -2.04. The van der Waals surface area contributed by atoms with Gasteiger partial charge in [0.05, 0.1) is 13.2 Å². The van der Waals surface area contributed by atoms with Crippen LogP contribution in [0.4, 0.5) is 0 Å². The van der Waals surface area contributed by atoms with Gasteiger partial charge in [0.1, 0.15) is 0 Å². The van der Waals surface area contributed by atoms with Crippen LogP contribution in [0.1, 0.15) is 45.4 Å². The number of hydrogen-bond acceptors (Lipinski definition) is 3. The molecule has 0 saturated carbocycles. The summed E-state index contributed by atoms with van der Waals surface area (Å²) >= 11 is 0. The van der Waals surface area contributed by atoms with Crippen molar-refractivity contribution >= 4 is 5.97 Å². The van der Waals surface area contributed by atoms with Crippen molar-refractivity contribution in [2.24, 2.45) is 0 Å². The van der Waals surface area contributed by atoms with Gasteiger partial charge in [0.25, 0.3) is 0 Å². The molecule has 0 saturated heterocycles. The molecule has 0 spiro atoms. The van der Waals surface area contributed by atoms with E-state index in [1.807, 2.05) is 13.0 Å². The van der Waals surface area contributed by atoms with Crippen molar-refractivity contribution in [3.05, 3.63) is 12.2 Å². The quantitative estimate of drug-likeness (QED) is 0.327. The molecule has 0 bridgehead atoms. The zero-order valence-corrected chi connectivity index (χ0v) is 10.5. The number of rotatable bonds is 10. The highest BCUT2D eigenvalue weighted by molar-refractivity contribution is 5.69. The van der Waals surface area contributed by atoms with E-state index < -0.39 is 0 Å². The Kier molecular flexibility index (Phi) is 11.6. The van der Waals surface area contributed by atoms with Crippen LogP contribution in [0.2, 0.25) is 0 Å². The number of ether oxygens (including phenoxy) is 2. The lowest BCUT2D eigenvalue weighted by molar-refractivity contribution is -0.143. The molecule has 0 aliphatic rings. The number of esters is 1. The second kappa shape index (κ2) is 12.2. The zero-order chi connectivity index (χ0) is 12.1. The van der Waals surface area contributed by atoms with Gasteiger partial charge in [0.2, 0.25) is 0 Å². The molecule has 0 aromatic rings. The number of hydrogen-bond donors (Lipinski definition) is 0. The van der Waals surface area contributed by atoms with E-state index in [0.29, 0.717) is 19.6 Å². The average Bonchev–Trinajstić information content (AvgIpc) is 2.30. The summed E-state index contributed by atoms with van der Waals surface area (Å²) in [5.41, 5.74) is 0. The van der Waals surface area contributed by atoms with E-state index in [0.717, 1.165) is 32.1 Å². The predicted molar refractivity (Wildman–Crippen MR) is 65.4 cm³/mol. The summed E-state index contributed by atoms with van der Waals surface area (Å²) < 4.78 is 9.87. The smallest absolute Gasteiger partial charge is 0.305 e. The van der Waals surface area contributed by atoms with Gasteiger partial charge in [-0.15, -0.1) is 0 Å². The van der Waals surface area contributed by atoms with Crippen molar-refractivity contribution in [3.8, 4) is 0 Å². The first-order chi connectivity index (χ1) is 7.81. The molecule has 0 aliphatic heterocycles. The standard InChI is InChI=1S/C13H24O3/c1-3-11-16-13(14)10-8-6-4-5-7-9-12-15-2/h7,9H,3-6,8,10-12H2,1-2H3/b9-7+. The number of unbranched alkanes of at least 4 members (excludes halogenated alkanes) is 3. The molecule has 0 rings (SSSR count). The van der Waals surface area contributed by atoms with E-state index >= 15 is 0 Å². The fourth-order valence-electron chi connectivity index (χ4n) is 1.28. The zero-order valence-electron chi connectivity index (χ0n) is 10.5. The highest BCUT2D eigenvalue weighted by Gasteiger charge is 2.00. The summed E-state index contributed by atoms with van der Waals surface area (Å²) in [5.74, 6) is -0.0585. The second-order valence-corrected chi connectivity index (χ2v) is 3.75. The van der Waals surface area contributed by atoms with Gasteiger partial charge in [-0.3, -0.25) is 4.79 Å². The van der Waals surface area contributed by atoms with Crippen LogP contribution in [0, 0.1) is 0 Å². The lowest BCUT2D eigenvalue weighted by atomic mass is 10.1. The van der Waals surface area contributed by atoms with E-state index in [1.165, 1.54) is 0 Å². The van der Waals surface area contributed by atoms with Gasteiger partial charge in [-0.25, -0.2) is 0 Å². The largest absolute Gasteiger partial charge is 0.466 e. The van der Waals surface area contributed by atoms with Gasteiger partial charge in [0, 0.05) is 13.5 Å². The van der Waals surface area contributed by atoms with Crippen molar-refractivity contribution in [1.82, 2.24) is 0 Å². The molecule has 0 atom stereocenters. The summed E-state index contributed by atoms with van der Waals surface area (Å²) in [6.07, 6.45) is 9.81. The molecule has 0 aromatic carbocycles. The monoisotopic (exact) mass is 228 g/mol. The molecule has 0 aliphatic carbocycles. The maximum Gasteiger partial charge on any atom is 0.305 e. The van der Waals surface area contributed by atoms with Crippen LogP contribution in [0.15, 0.2) is 12.2 Å². The number of methoxy groups -OCH3 is 1. The minimum Gasteiger partial charge on any atom is -0.466 e. The first kappa shape index (κ1) is 15.2. The molecule has 3 nitrogen and oxygen atoms in total. The van der Waals surface area contributed by atoms with E-state index in [1.54, 1.807) is 7.11 Å². The van der Waals surface area contributed by atoms with Crippen LogP contribution in [0.25, 0.3) is 0 Å². The second-order valence-electron chi connectivity index (χ2n) is 3.75. The summed E-state index contributed by atoms with van der Waals surface area (Å²) in [6, 6.07) is 0. The van der Waals surface area contributed by atoms with Gasteiger partial charge in [-0.05, 0) is 25.7 Å². The van der Waals surface area contributed by atoms with Crippen molar-refractivity contribution in [2.45, 2.75) is 45.4 Å². The lowest BCUT2D eigenvalue weighted by Gasteiger charge is -2.02. The van der Waals surface area contributed by atoms with Crippen molar-refractivity contribution in [1.29, 1.82) is 0 Å². The number of carbonyl (C=O) groups is 1. The molecular weight excluding hydrogens is 204 g/mol. The third-order valence-electron chi connectivity index (χ3n) is 2.15. The van der Waals surface area contributed by atoms with E-state index in [9.17, 15) is 4.79 Å². The molecule has 3 heteroatoms. The van der Waals surface area contributed by atoms with Crippen LogP contribution in [0.5, 0.6) is 0 Å². The highest BCUT2D eigenvalue weighted by Crippen LogP contribution is 2.04. The van der Waals surface area contributed by atoms with Crippen LogP contribution in [-0.4, -0.2) is 26.3 Å². The van der Waals surface area contributed by atoms with Gasteiger partial charge >= 0.3 is 5.97 Å². The van der Waals surface area contributed by atoms with Crippen molar-refractivity contribution in [2.75, 3.05) is 20.3 Å². The van der Waals surface area contributed by atoms with E-state index in [-0.39, 0.29) is 5.97 Å². The topological polar surface area (TPSA) is 35.5 Å². The van der Waals surface area contributed by atoms with Crippen molar-refractivity contribution < 1.29 is 14.3 Å². The first-order valence-electron chi connectivity index (χ1n) is 6.10. The normalized spacial score (nSPS) is 10.9. The summed E-state index contributed by atoms with van der Waals surface area (Å²) in [4.78, 5) is 11.1. The van der Waals surface area contributed by atoms with Gasteiger partial charge < -0.3 is 9.47 Å². The Hall–Kier alpha value is -0.830. The minimum absolute atomic E-state index is 0.0585. The molecule has 0 aromatic heterocycles. The Balaban J connectivity index is 3.17. The fourth-order valence-corrected chi connectivity index (χ4v) is 1.28. The maximum atomic E-state index is 11.1. The van der Waals surface area contributed by atoms with Crippen LogP contribution in [0.3, 0.4) is 0 Å². The number of carbonyl (C=O) groups excluding carboxylic acids is 1. The Morgan fingerprint density at radius 3 is 2.69 bits per heavy atom. The highest BCUT2D eigenvalue weighted by atomic mass is 16.5. The van der Waals surface area contributed by atoms with Crippen LogP contribution >= 0.6 is 0 Å². The first-order valence-corrected chi connectivity index (χ1v) is 6.10. The van der Waals surface area contributed by atoms with Gasteiger partial charge in [-0.2, -0.15) is 0 Å². The Bertz CT molecular complexity index is 188. The molecule has 94 valence electrons. The van der Waals surface area contributed by atoms with Crippen molar-refractivity contribution in [3.63, 3.8) is 0 Å².